The molecule has 1 spiro atoms. The average molecular weight is 371 g/mol. The van der Waals surface area contributed by atoms with E-state index in [2.05, 4.69) is 23.1 Å². The van der Waals surface area contributed by atoms with Gasteiger partial charge < -0.3 is 10.0 Å². The Morgan fingerprint density at radius 2 is 1.92 bits per heavy atom. The lowest BCUT2D eigenvalue weighted by molar-refractivity contribution is -0.199. The minimum Gasteiger partial charge on any atom is -0.395 e. The van der Waals surface area contributed by atoms with Crippen LogP contribution >= 0.6 is 11.6 Å². The molecule has 0 aliphatic carbocycles. The number of halogens is 1. The summed E-state index contributed by atoms with van der Waals surface area (Å²) in [6.07, 6.45) is 0. The largest absolute Gasteiger partial charge is 0.395 e. The molecule has 26 heavy (non-hydrogen) atoms. The highest BCUT2D eigenvalue weighted by Crippen LogP contribution is 2.54. The summed E-state index contributed by atoms with van der Waals surface area (Å²) in [4.78, 5) is 16.0. The molecule has 0 aromatic heterocycles. The maximum atomic E-state index is 11.8. The van der Waals surface area contributed by atoms with Crippen molar-refractivity contribution in [2.45, 2.75) is 31.0 Å². The van der Waals surface area contributed by atoms with Crippen LogP contribution in [-0.4, -0.2) is 52.1 Å². The second kappa shape index (κ2) is 6.69. The number of aliphatic hydroxyl groups excluding tert-OH is 1. The van der Waals surface area contributed by atoms with Crippen molar-refractivity contribution in [3.63, 3.8) is 0 Å². The smallest absolute Gasteiger partial charge is 0.219 e. The lowest BCUT2D eigenvalue weighted by atomic mass is 9.60. The molecule has 4 rings (SSSR count). The normalized spacial score (nSPS) is 24.2. The number of nitrogens with zero attached hydrogens (tertiary/aromatic N) is 2. The Morgan fingerprint density at radius 3 is 2.54 bits per heavy atom. The Labute approximate surface area is 159 Å². The molecular formula is C21H23ClN2O2. The molecule has 0 bridgehead atoms. The van der Waals surface area contributed by atoms with E-state index in [0.717, 1.165) is 17.1 Å². The van der Waals surface area contributed by atoms with Crippen molar-refractivity contribution in [3.05, 3.63) is 70.7 Å². The van der Waals surface area contributed by atoms with Crippen molar-refractivity contribution < 1.29 is 9.90 Å². The Balaban J connectivity index is 1.65. The molecule has 0 saturated carbocycles. The summed E-state index contributed by atoms with van der Waals surface area (Å²) >= 11 is 6.15. The van der Waals surface area contributed by atoms with Crippen LogP contribution in [0.2, 0.25) is 5.02 Å². The van der Waals surface area contributed by atoms with E-state index in [9.17, 15) is 9.90 Å². The maximum absolute atomic E-state index is 11.8. The summed E-state index contributed by atoms with van der Waals surface area (Å²) in [5, 5.41) is 10.8. The molecule has 2 aromatic carbocycles. The van der Waals surface area contributed by atoms with E-state index in [1.165, 1.54) is 5.56 Å². The highest BCUT2D eigenvalue weighted by atomic mass is 35.5. The highest BCUT2D eigenvalue weighted by Gasteiger charge is 2.65. The highest BCUT2D eigenvalue weighted by molar-refractivity contribution is 6.30. The second-order valence-electron chi connectivity index (χ2n) is 7.37. The number of hydrogen-bond donors (Lipinski definition) is 1. The fourth-order valence-electron chi connectivity index (χ4n) is 4.68. The molecule has 136 valence electrons. The van der Waals surface area contributed by atoms with E-state index in [1.807, 2.05) is 41.3 Å². The van der Waals surface area contributed by atoms with Gasteiger partial charge in [-0.15, -0.1) is 0 Å². The van der Waals surface area contributed by atoms with E-state index < -0.39 is 0 Å². The van der Waals surface area contributed by atoms with Gasteiger partial charge in [-0.1, -0.05) is 54.1 Å². The van der Waals surface area contributed by atoms with Crippen LogP contribution in [0.5, 0.6) is 0 Å². The van der Waals surface area contributed by atoms with Gasteiger partial charge in [0, 0.05) is 43.5 Å². The summed E-state index contributed by atoms with van der Waals surface area (Å²) in [6, 6.07) is 18.2. The number of amides is 1. The van der Waals surface area contributed by atoms with E-state index in [0.29, 0.717) is 13.1 Å². The summed E-state index contributed by atoms with van der Waals surface area (Å²) in [7, 11) is 0. The van der Waals surface area contributed by atoms with Gasteiger partial charge >= 0.3 is 0 Å². The first kappa shape index (κ1) is 17.5. The Bertz CT molecular complexity index is 805. The molecule has 1 amide bonds. The first-order chi connectivity index (χ1) is 12.5. The van der Waals surface area contributed by atoms with E-state index in [4.69, 9.17) is 11.6 Å². The zero-order valence-corrected chi connectivity index (χ0v) is 15.6. The zero-order valence-electron chi connectivity index (χ0n) is 14.8. The van der Waals surface area contributed by atoms with E-state index in [-0.39, 0.29) is 30.0 Å². The Morgan fingerprint density at radius 1 is 1.19 bits per heavy atom. The van der Waals surface area contributed by atoms with Gasteiger partial charge in [0.25, 0.3) is 0 Å². The summed E-state index contributed by atoms with van der Waals surface area (Å²) in [5.74, 6) is 0.334. The average Bonchev–Trinajstić information content (AvgIpc) is 2.58. The van der Waals surface area contributed by atoms with Crippen molar-refractivity contribution in [2.75, 3.05) is 19.7 Å². The predicted octanol–water partition coefficient (Wildman–Crippen LogP) is 2.90. The topological polar surface area (TPSA) is 43.8 Å². The van der Waals surface area contributed by atoms with Gasteiger partial charge in [0.1, 0.15) is 0 Å². The van der Waals surface area contributed by atoms with Gasteiger partial charge in [0.15, 0.2) is 0 Å². The van der Waals surface area contributed by atoms with Crippen molar-refractivity contribution in [1.29, 1.82) is 0 Å². The number of benzene rings is 2. The van der Waals surface area contributed by atoms with Crippen LogP contribution < -0.4 is 0 Å². The summed E-state index contributed by atoms with van der Waals surface area (Å²) < 4.78 is 0. The van der Waals surface area contributed by atoms with Crippen LogP contribution in [-0.2, 0) is 11.3 Å². The Kier molecular flexibility index (Phi) is 4.51. The first-order valence-electron chi connectivity index (χ1n) is 8.98. The molecule has 2 aliphatic rings. The quantitative estimate of drug-likeness (QED) is 0.900. The molecule has 2 fully saturated rings. The summed E-state index contributed by atoms with van der Waals surface area (Å²) in [6.45, 7) is 3.86. The molecule has 2 heterocycles. The second-order valence-corrected chi connectivity index (χ2v) is 7.81. The van der Waals surface area contributed by atoms with Crippen LogP contribution in [0.15, 0.2) is 54.6 Å². The van der Waals surface area contributed by atoms with Crippen LogP contribution in [0.1, 0.15) is 24.0 Å². The third-order valence-corrected chi connectivity index (χ3v) is 6.13. The lowest BCUT2D eigenvalue weighted by Gasteiger charge is -2.70. The van der Waals surface area contributed by atoms with E-state index >= 15 is 0 Å². The molecule has 2 aliphatic heterocycles. The fourth-order valence-corrected chi connectivity index (χ4v) is 4.90. The van der Waals surface area contributed by atoms with E-state index in [1.54, 1.807) is 6.92 Å². The van der Waals surface area contributed by atoms with Gasteiger partial charge in [-0.25, -0.2) is 0 Å². The Hall–Kier alpha value is -1.88. The number of carbonyl (C=O) groups excluding carboxylic acids is 1. The SMILES string of the molecule is CC(=O)N1CC2(C1)[C@@H](c1ccccc1)[C@H](CO)N2Cc1cccc(Cl)c1. The molecule has 2 atom stereocenters. The summed E-state index contributed by atoms with van der Waals surface area (Å²) in [5.41, 5.74) is 2.25. The first-order valence-corrected chi connectivity index (χ1v) is 9.35. The number of aliphatic hydroxyl groups is 1. The monoisotopic (exact) mass is 370 g/mol. The number of likely N-dealkylation sites (tertiary alicyclic amines) is 2. The number of rotatable bonds is 4. The molecule has 2 saturated heterocycles. The molecule has 1 N–H and O–H groups in total. The van der Waals surface area contributed by atoms with Gasteiger partial charge in [0.2, 0.25) is 5.91 Å². The molecule has 5 heteroatoms. The number of carbonyl (C=O) groups is 1. The molecule has 4 nitrogen and oxygen atoms in total. The van der Waals surface area contributed by atoms with Gasteiger partial charge in [0.05, 0.1) is 12.1 Å². The third kappa shape index (κ3) is 2.73. The van der Waals surface area contributed by atoms with Crippen molar-refractivity contribution in [3.8, 4) is 0 Å². The van der Waals surface area contributed by atoms with Gasteiger partial charge in [-0.05, 0) is 23.3 Å². The van der Waals surface area contributed by atoms with Gasteiger partial charge in [-0.3, -0.25) is 9.69 Å². The van der Waals surface area contributed by atoms with Crippen LogP contribution in [0.4, 0.5) is 0 Å². The third-order valence-electron chi connectivity index (χ3n) is 5.90. The van der Waals surface area contributed by atoms with Crippen molar-refractivity contribution in [2.24, 2.45) is 0 Å². The molecule has 2 aromatic rings. The van der Waals surface area contributed by atoms with Crippen LogP contribution in [0, 0.1) is 0 Å². The molecule has 0 unspecified atom stereocenters. The minimum atomic E-state index is -0.108. The lowest BCUT2D eigenvalue weighted by Crippen LogP contribution is -2.84. The molecular weight excluding hydrogens is 348 g/mol. The zero-order chi connectivity index (χ0) is 18.3. The predicted molar refractivity (Wildman–Crippen MR) is 102 cm³/mol. The number of hydrogen-bond acceptors (Lipinski definition) is 3. The van der Waals surface area contributed by atoms with Gasteiger partial charge in [-0.2, -0.15) is 0 Å². The van der Waals surface area contributed by atoms with Crippen LogP contribution in [0.3, 0.4) is 0 Å². The standard InChI is InChI=1S/C21H23ClN2O2/c1-15(26)23-13-21(14-23)20(17-7-3-2-4-8-17)19(12-25)24(21)11-16-6-5-9-18(22)10-16/h2-10,19-20,25H,11-14H2,1H3/t19-,20-/m0/s1. The fraction of sp³-hybridized carbons (Fsp3) is 0.381. The van der Waals surface area contributed by atoms with Crippen molar-refractivity contribution >= 4 is 17.5 Å². The molecule has 0 radical (unpaired) electrons. The maximum Gasteiger partial charge on any atom is 0.219 e. The minimum absolute atomic E-state index is 0.0467. The van der Waals surface area contributed by atoms with Crippen molar-refractivity contribution in [1.82, 2.24) is 9.80 Å². The van der Waals surface area contributed by atoms with Crippen LogP contribution in [0.25, 0.3) is 0 Å².